The highest BCUT2D eigenvalue weighted by molar-refractivity contribution is 14.0. The SMILES string of the molecule is CCNC(=NCC(C)N1CCN(CC)CC1)NCC1CCCOC1c1ccc(C)cc1.I. The Balaban J connectivity index is 0.00000363. The molecule has 0 radical (unpaired) electrons. The lowest BCUT2D eigenvalue weighted by molar-refractivity contribution is -0.0265. The number of likely N-dealkylation sites (N-methyl/N-ethyl adjacent to an activating group) is 1. The molecule has 2 fully saturated rings. The fourth-order valence-electron chi connectivity index (χ4n) is 4.61. The van der Waals surface area contributed by atoms with Crippen LogP contribution in [0.4, 0.5) is 0 Å². The molecular formula is C25H44IN5O. The monoisotopic (exact) mass is 557 g/mol. The second-order valence-corrected chi connectivity index (χ2v) is 9.02. The van der Waals surface area contributed by atoms with Gasteiger partial charge in [0.1, 0.15) is 0 Å². The van der Waals surface area contributed by atoms with E-state index in [0.717, 1.165) is 58.3 Å². The van der Waals surface area contributed by atoms with Gasteiger partial charge in [0.15, 0.2) is 5.96 Å². The zero-order chi connectivity index (χ0) is 22.1. The highest BCUT2D eigenvalue weighted by Gasteiger charge is 2.27. The summed E-state index contributed by atoms with van der Waals surface area (Å²) in [6, 6.07) is 9.28. The fraction of sp³-hybridized carbons (Fsp3) is 0.720. The predicted octanol–water partition coefficient (Wildman–Crippen LogP) is 3.66. The fourth-order valence-corrected chi connectivity index (χ4v) is 4.61. The van der Waals surface area contributed by atoms with Gasteiger partial charge in [-0.3, -0.25) is 9.89 Å². The maximum Gasteiger partial charge on any atom is 0.191 e. The Morgan fingerprint density at radius 1 is 1.12 bits per heavy atom. The Bertz CT molecular complexity index is 675. The molecule has 0 spiro atoms. The number of aliphatic imine (C=N–C) groups is 1. The lowest BCUT2D eigenvalue weighted by Crippen LogP contribution is -2.50. The van der Waals surface area contributed by atoms with Gasteiger partial charge in [0.25, 0.3) is 0 Å². The van der Waals surface area contributed by atoms with E-state index < -0.39 is 0 Å². The summed E-state index contributed by atoms with van der Waals surface area (Å²) in [4.78, 5) is 10.0. The van der Waals surface area contributed by atoms with Gasteiger partial charge in [0, 0.05) is 57.8 Å². The molecule has 3 rings (SSSR count). The number of ether oxygens (including phenoxy) is 1. The molecule has 0 aromatic heterocycles. The Hall–Kier alpha value is -0.900. The second kappa shape index (κ2) is 14.4. The van der Waals surface area contributed by atoms with E-state index in [0.29, 0.717) is 12.0 Å². The van der Waals surface area contributed by atoms with Gasteiger partial charge in [-0.05, 0) is 45.7 Å². The van der Waals surface area contributed by atoms with E-state index in [1.54, 1.807) is 0 Å². The maximum atomic E-state index is 6.19. The topological polar surface area (TPSA) is 52.1 Å². The molecule has 2 aliphatic heterocycles. The number of guanidine groups is 1. The van der Waals surface area contributed by atoms with Crippen molar-refractivity contribution in [2.24, 2.45) is 10.9 Å². The third-order valence-corrected chi connectivity index (χ3v) is 6.72. The Morgan fingerprint density at radius 2 is 1.84 bits per heavy atom. The Kier molecular flexibility index (Phi) is 12.3. The van der Waals surface area contributed by atoms with E-state index in [2.05, 4.69) is 72.4 Å². The van der Waals surface area contributed by atoms with Gasteiger partial charge in [-0.15, -0.1) is 24.0 Å². The molecule has 182 valence electrons. The first-order chi connectivity index (χ1) is 15.1. The average molecular weight is 558 g/mol. The lowest BCUT2D eigenvalue weighted by atomic mass is 9.89. The number of rotatable bonds is 8. The maximum absolute atomic E-state index is 6.19. The predicted molar refractivity (Wildman–Crippen MR) is 145 cm³/mol. The summed E-state index contributed by atoms with van der Waals surface area (Å²) in [5.74, 6) is 1.38. The first kappa shape index (κ1) is 27.3. The van der Waals surface area contributed by atoms with Gasteiger partial charge in [0.05, 0.1) is 12.6 Å². The van der Waals surface area contributed by atoms with Crippen LogP contribution in [-0.4, -0.2) is 80.8 Å². The van der Waals surface area contributed by atoms with Crippen LogP contribution in [0.15, 0.2) is 29.3 Å². The molecule has 0 aliphatic carbocycles. The van der Waals surface area contributed by atoms with Crippen LogP contribution in [-0.2, 0) is 4.74 Å². The van der Waals surface area contributed by atoms with Gasteiger partial charge >= 0.3 is 0 Å². The quantitative estimate of drug-likeness (QED) is 0.291. The van der Waals surface area contributed by atoms with Gasteiger partial charge in [-0.1, -0.05) is 36.8 Å². The van der Waals surface area contributed by atoms with Crippen molar-refractivity contribution in [3.05, 3.63) is 35.4 Å². The Morgan fingerprint density at radius 3 is 2.50 bits per heavy atom. The second-order valence-electron chi connectivity index (χ2n) is 9.02. The third-order valence-electron chi connectivity index (χ3n) is 6.72. The van der Waals surface area contributed by atoms with Crippen molar-refractivity contribution in [1.29, 1.82) is 0 Å². The van der Waals surface area contributed by atoms with Crippen molar-refractivity contribution in [2.45, 2.75) is 52.7 Å². The highest BCUT2D eigenvalue weighted by Crippen LogP contribution is 2.33. The summed E-state index contributed by atoms with van der Waals surface area (Å²) in [5, 5.41) is 7.04. The van der Waals surface area contributed by atoms with Crippen LogP contribution in [0.2, 0.25) is 0 Å². The molecular weight excluding hydrogens is 513 g/mol. The number of piperazine rings is 1. The van der Waals surface area contributed by atoms with E-state index in [-0.39, 0.29) is 30.1 Å². The van der Waals surface area contributed by atoms with Crippen LogP contribution >= 0.6 is 24.0 Å². The number of benzene rings is 1. The zero-order valence-corrected chi connectivity index (χ0v) is 22.8. The van der Waals surface area contributed by atoms with Crippen LogP contribution in [0.1, 0.15) is 50.8 Å². The molecule has 32 heavy (non-hydrogen) atoms. The van der Waals surface area contributed by atoms with E-state index in [1.807, 2.05) is 0 Å². The Labute approximate surface area is 212 Å². The molecule has 2 saturated heterocycles. The minimum Gasteiger partial charge on any atom is -0.373 e. The summed E-state index contributed by atoms with van der Waals surface area (Å²) in [6.45, 7) is 18.0. The molecule has 2 N–H and O–H groups in total. The standard InChI is InChI=1S/C25H43N5O.HI/c1-5-26-25(27-18-21(4)30-15-13-29(6-2)14-16-30)28-19-23-8-7-17-31-24(23)22-11-9-20(3)10-12-22;/h9-12,21,23-24H,5-8,13-19H2,1-4H3,(H2,26,27,28);1H. The minimum absolute atomic E-state index is 0. The number of hydrogen-bond donors (Lipinski definition) is 2. The van der Waals surface area contributed by atoms with Crippen molar-refractivity contribution >= 4 is 29.9 Å². The van der Waals surface area contributed by atoms with Crippen LogP contribution < -0.4 is 10.6 Å². The van der Waals surface area contributed by atoms with Gasteiger partial charge in [0.2, 0.25) is 0 Å². The van der Waals surface area contributed by atoms with Crippen molar-refractivity contribution in [3.63, 3.8) is 0 Å². The van der Waals surface area contributed by atoms with Crippen LogP contribution in [0.3, 0.4) is 0 Å². The van der Waals surface area contributed by atoms with Crippen LogP contribution in [0, 0.1) is 12.8 Å². The van der Waals surface area contributed by atoms with Crippen LogP contribution in [0.5, 0.6) is 0 Å². The molecule has 0 bridgehead atoms. The van der Waals surface area contributed by atoms with Crippen LogP contribution in [0.25, 0.3) is 0 Å². The number of halogens is 1. The molecule has 7 heteroatoms. The van der Waals surface area contributed by atoms with Gasteiger partial charge in [-0.25, -0.2) is 0 Å². The molecule has 0 saturated carbocycles. The van der Waals surface area contributed by atoms with Crippen molar-refractivity contribution < 1.29 is 4.74 Å². The van der Waals surface area contributed by atoms with Crippen molar-refractivity contribution in [2.75, 3.05) is 59.0 Å². The number of nitrogens with zero attached hydrogens (tertiary/aromatic N) is 3. The molecule has 3 atom stereocenters. The summed E-state index contributed by atoms with van der Waals surface area (Å²) < 4.78 is 6.19. The molecule has 1 aromatic rings. The third kappa shape index (κ3) is 8.15. The van der Waals surface area contributed by atoms with Crippen molar-refractivity contribution in [1.82, 2.24) is 20.4 Å². The van der Waals surface area contributed by atoms with E-state index in [1.165, 1.54) is 30.6 Å². The van der Waals surface area contributed by atoms with Gasteiger partial charge < -0.3 is 20.3 Å². The van der Waals surface area contributed by atoms with Gasteiger partial charge in [-0.2, -0.15) is 0 Å². The summed E-state index contributed by atoms with van der Waals surface area (Å²) in [5.41, 5.74) is 2.58. The normalized spacial score (nSPS) is 23.9. The summed E-state index contributed by atoms with van der Waals surface area (Å²) in [6.07, 6.45) is 2.48. The molecule has 3 unspecified atom stereocenters. The first-order valence-corrected chi connectivity index (χ1v) is 12.3. The summed E-state index contributed by atoms with van der Waals surface area (Å²) >= 11 is 0. The molecule has 2 aliphatic rings. The molecule has 2 heterocycles. The molecule has 0 amide bonds. The minimum atomic E-state index is 0. The van der Waals surface area contributed by atoms with E-state index in [4.69, 9.17) is 9.73 Å². The number of nitrogens with one attached hydrogen (secondary N) is 2. The average Bonchev–Trinajstić information content (AvgIpc) is 2.81. The number of aryl methyl sites for hydroxylation is 1. The largest absolute Gasteiger partial charge is 0.373 e. The summed E-state index contributed by atoms with van der Waals surface area (Å²) in [7, 11) is 0. The lowest BCUT2D eigenvalue weighted by Gasteiger charge is -2.37. The smallest absolute Gasteiger partial charge is 0.191 e. The highest BCUT2D eigenvalue weighted by atomic mass is 127. The molecule has 1 aromatic carbocycles. The number of hydrogen-bond acceptors (Lipinski definition) is 4. The molecule has 6 nitrogen and oxygen atoms in total. The zero-order valence-electron chi connectivity index (χ0n) is 20.5. The van der Waals surface area contributed by atoms with Crippen molar-refractivity contribution in [3.8, 4) is 0 Å². The first-order valence-electron chi connectivity index (χ1n) is 12.3. The van der Waals surface area contributed by atoms with E-state index >= 15 is 0 Å². The van der Waals surface area contributed by atoms with E-state index in [9.17, 15) is 0 Å².